The summed E-state index contributed by atoms with van der Waals surface area (Å²) in [7, 11) is 0. The molecule has 32 heavy (non-hydrogen) atoms. The van der Waals surface area contributed by atoms with Crippen LogP contribution in [0.5, 0.6) is 0 Å². The molecule has 1 heterocycles. The summed E-state index contributed by atoms with van der Waals surface area (Å²) in [6.45, 7) is 0.682. The Kier molecular flexibility index (Phi) is 6.13. The molecule has 0 aliphatic carbocycles. The van der Waals surface area contributed by atoms with Crippen LogP contribution in [0.25, 0.3) is 0 Å². The van der Waals surface area contributed by atoms with Crippen LogP contribution in [0.15, 0.2) is 42.5 Å². The lowest BCUT2D eigenvalue weighted by atomic mass is 9.89. The van der Waals surface area contributed by atoms with Crippen molar-refractivity contribution >= 4 is 6.03 Å². The lowest BCUT2D eigenvalue weighted by Crippen LogP contribution is -2.50. The Morgan fingerprint density at radius 1 is 1.03 bits per heavy atom. The number of hydrogen-bond acceptors (Lipinski definition) is 3. The minimum Gasteiger partial charge on any atom is -0.371 e. The number of amides is 2. The molecule has 0 radical (unpaired) electrons. The fourth-order valence-electron chi connectivity index (χ4n) is 3.30. The molecule has 0 aromatic heterocycles. The topological polar surface area (TPSA) is 70.6 Å². The van der Waals surface area contributed by atoms with Gasteiger partial charge in [-0.3, -0.25) is 0 Å². The molecular weight excluding hydrogens is 449 g/mol. The maximum atomic E-state index is 13.3. The van der Waals surface area contributed by atoms with E-state index in [1.54, 1.807) is 0 Å². The van der Waals surface area contributed by atoms with Gasteiger partial charge in [0.05, 0.1) is 23.8 Å². The zero-order valence-electron chi connectivity index (χ0n) is 16.3. The second-order valence-electron chi connectivity index (χ2n) is 7.27. The standard InChI is InChI=1S/C20H17F7N2O3/c1-10(11-6-13(19(22,23)24)8-14(7-11)20(25,26)27)32-9-18(16(30)28-17(31)29-18)12-2-4-15(21)5-3-12/h2-8,10,16,30H,9H2,1H3,(H2,28,29,31)/t10-,16-,18-/m1/s1. The van der Waals surface area contributed by atoms with Crippen molar-refractivity contribution in [2.75, 3.05) is 6.61 Å². The normalized spacial score (nSPS) is 22.4. The average molecular weight is 466 g/mol. The number of nitrogens with one attached hydrogen (secondary N) is 2. The lowest BCUT2D eigenvalue weighted by Gasteiger charge is -2.33. The molecule has 3 atom stereocenters. The molecule has 1 fully saturated rings. The van der Waals surface area contributed by atoms with Gasteiger partial charge in [-0.1, -0.05) is 12.1 Å². The summed E-state index contributed by atoms with van der Waals surface area (Å²) < 4.78 is 97.5. The predicted molar refractivity (Wildman–Crippen MR) is 96.6 cm³/mol. The minimum atomic E-state index is -5.02. The highest BCUT2D eigenvalue weighted by Crippen LogP contribution is 2.38. The second-order valence-corrected chi connectivity index (χ2v) is 7.27. The van der Waals surface area contributed by atoms with Crippen LogP contribution in [-0.4, -0.2) is 24.0 Å². The van der Waals surface area contributed by atoms with Crippen molar-refractivity contribution in [1.29, 1.82) is 0 Å². The minimum absolute atomic E-state index is 0.00109. The van der Waals surface area contributed by atoms with Crippen LogP contribution in [0, 0.1) is 5.82 Å². The van der Waals surface area contributed by atoms with E-state index in [-0.39, 0.29) is 11.6 Å². The molecule has 1 aliphatic heterocycles. The van der Waals surface area contributed by atoms with E-state index in [0.29, 0.717) is 12.1 Å². The van der Waals surface area contributed by atoms with E-state index in [0.717, 1.165) is 12.1 Å². The summed E-state index contributed by atoms with van der Waals surface area (Å²) in [6, 6.07) is 4.90. The van der Waals surface area contributed by atoms with E-state index in [1.807, 2.05) is 0 Å². The molecule has 2 aromatic rings. The van der Waals surface area contributed by atoms with Crippen molar-refractivity contribution in [3.63, 3.8) is 0 Å². The summed E-state index contributed by atoms with van der Waals surface area (Å²) in [6.07, 6.45) is -12.9. The first-order valence-corrected chi connectivity index (χ1v) is 9.16. The van der Waals surface area contributed by atoms with E-state index in [1.165, 1.54) is 19.1 Å². The first-order chi connectivity index (χ1) is 14.7. The van der Waals surface area contributed by atoms with Gasteiger partial charge in [-0.25, -0.2) is 9.18 Å². The smallest absolute Gasteiger partial charge is 0.371 e. The third-order valence-corrected chi connectivity index (χ3v) is 5.07. The molecule has 0 bridgehead atoms. The Bertz CT molecular complexity index is 960. The number of carbonyl (C=O) groups is 1. The van der Waals surface area contributed by atoms with Gasteiger partial charge in [-0.05, 0) is 48.4 Å². The highest BCUT2D eigenvalue weighted by Gasteiger charge is 2.48. The summed E-state index contributed by atoms with van der Waals surface area (Å²) in [4.78, 5) is 11.8. The zero-order valence-corrected chi connectivity index (χ0v) is 16.3. The van der Waals surface area contributed by atoms with Crippen molar-refractivity contribution in [3.05, 3.63) is 70.5 Å². The van der Waals surface area contributed by atoms with Gasteiger partial charge in [-0.2, -0.15) is 26.3 Å². The molecule has 2 aromatic carbocycles. The van der Waals surface area contributed by atoms with E-state index >= 15 is 0 Å². The number of carbonyl (C=O) groups excluding carboxylic acids is 1. The van der Waals surface area contributed by atoms with Crippen LogP contribution in [0.4, 0.5) is 35.5 Å². The molecule has 0 saturated carbocycles. The van der Waals surface area contributed by atoms with E-state index in [2.05, 4.69) is 10.6 Å². The molecule has 0 spiro atoms. The number of ether oxygens (including phenoxy) is 1. The molecule has 5 nitrogen and oxygen atoms in total. The van der Waals surface area contributed by atoms with Gasteiger partial charge in [0.1, 0.15) is 11.4 Å². The van der Waals surface area contributed by atoms with Gasteiger partial charge in [0.2, 0.25) is 0 Å². The number of hydrogen-bond donors (Lipinski definition) is 3. The van der Waals surface area contributed by atoms with Gasteiger partial charge in [0, 0.05) is 0 Å². The Balaban J connectivity index is 1.92. The molecule has 3 N–H and O–H groups in total. The van der Waals surface area contributed by atoms with Crippen molar-refractivity contribution in [1.82, 2.24) is 10.6 Å². The number of aliphatic hydroxyl groups is 1. The molecule has 174 valence electrons. The monoisotopic (exact) mass is 466 g/mol. The average Bonchev–Trinajstić information content (AvgIpc) is 2.99. The van der Waals surface area contributed by atoms with Gasteiger partial charge in [-0.15, -0.1) is 0 Å². The number of aliphatic hydroxyl groups excluding tert-OH is 1. The molecule has 2 amide bonds. The number of alkyl halides is 6. The van der Waals surface area contributed by atoms with Gasteiger partial charge >= 0.3 is 18.4 Å². The predicted octanol–water partition coefficient (Wildman–Crippen LogP) is 4.47. The first-order valence-electron chi connectivity index (χ1n) is 9.16. The van der Waals surface area contributed by atoms with Crippen molar-refractivity contribution in [2.45, 2.75) is 37.1 Å². The van der Waals surface area contributed by atoms with Crippen LogP contribution >= 0.6 is 0 Å². The lowest BCUT2D eigenvalue weighted by molar-refractivity contribution is -0.143. The van der Waals surface area contributed by atoms with Crippen LogP contribution < -0.4 is 10.6 Å². The van der Waals surface area contributed by atoms with Crippen molar-refractivity contribution in [3.8, 4) is 0 Å². The van der Waals surface area contributed by atoms with E-state index in [4.69, 9.17) is 4.74 Å². The van der Waals surface area contributed by atoms with Gasteiger partial charge < -0.3 is 20.5 Å². The van der Waals surface area contributed by atoms with E-state index in [9.17, 15) is 40.6 Å². The Morgan fingerprint density at radius 3 is 2.00 bits per heavy atom. The number of benzene rings is 2. The number of urea groups is 1. The number of rotatable bonds is 5. The van der Waals surface area contributed by atoms with Crippen LogP contribution in [0.1, 0.15) is 35.3 Å². The molecule has 0 unspecified atom stereocenters. The van der Waals surface area contributed by atoms with Gasteiger partial charge in [0.25, 0.3) is 0 Å². The zero-order chi connectivity index (χ0) is 23.9. The first kappa shape index (κ1) is 23.8. The summed E-state index contributed by atoms with van der Waals surface area (Å²) in [5.74, 6) is -0.603. The van der Waals surface area contributed by atoms with Crippen molar-refractivity contribution < 1.29 is 45.4 Å². The maximum Gasteiger partial charge on any atom is 0.416 e. The second kappa shape index (κ2) is 8.24. The SMILES string of the molecule is C[C@@H](OC[C@]1(c2ccc(F)cc2)NC(=O)N[C@@H]1O)c1cc(C(F)(F)F)cc(C(F)(F)F)c1. The Hall–Kier alpha value is -2.86. The molecular formula is C20H17F7N2O3. The third-order valence-electron chi connectivity index (χ3n) is 5.07. The molecule has 1 aliphatic rings. The van der Waals surface area contributed by atoms with Crippen LogP contribution in [0.2, 0.25) is 0 Å². The fourth-order valence-corrected chi connectivity index (χ4v) is 3.30. The van der Waals surface area contributed by atoms with E-state index < -0.39 is 65.4 Å². The fraction of sp³-hybridized carbons (Fsp3) is 0.350. The van der Waals surface area contributed by atoms with Crippen LogP contribution in [-0.2, 0) is 22.6 Å². The largest absolute Gasteiger partial charge is 0.416 e. The number of halogens is 7. The maximum absolute atomic E-state index is 13.3. The van der Waals surface area contributed by atoms with Crippen LogP contribution in [0.3, 0.4) is 0 Å². The highest BCUT2D eigenvalue weighted by molar-refractivity contribution is 5.78. The Morgan fingerprint density at radius 2 is 1.56 bits per heavy atom. The molecule has 3 rings (SSSR count). The summed E-state index contributed by atoms with van der Waals surface area (Å²) >= 11 is 0. The molecule has 12 heteroatoms. The summed E-state index contributed by atoms with van der Waals surface area (Å²) in [5, 5.41) is 15.0. The van der Waals surface area contributed by atoms with Crippen molar-refractivity contribution in [2.24, 2.45) is 0 Å². The Labute approximate surface area is 177 Å². The molecule has 1 saturated heterocycles. The third kappa shape index (κ3) is 4.80. The van der Waals surface area contributed by atoms with Gasteiger partial charge in [0.15, 0.2) is 6.23 Å². The summed E-state index contributed by atoms with van der Waals surface area (Å²) in [5.41, 5.74) is -4.86. The highest BCUT2D eigenvalue weighted by atomic mass is 19.4. The quantitative estimate of drug-likeness (QED) is 0.570.